The molecule has 0 N–H and O–H groups in total. The van der Waals surface area contributed by atoms with Gasteiger partial charge >= 0.3 is 0 Å². The highest BCUT2D eigenvalue weighted by Gasteiger charge is 2.14. The Morgan fingerprint density at radius 3 is 2.26 bits per heavy atom. The molecule has 0 saturated carbocycles. The highest BCUT2D eigenvalue weighted by atomic mass is 32.2. The Kier molecular flexibility index (Phi) is 5.52. The van der Waals surface area contributed by atoms with Crippen LogP contribution < -0.4 is 0 Å². The Labute approximate surface area is 117 Å². The SMILES string of the molecule is Cc1ccc(S(=O)(=O)OCCC=C[Si](C)(C)C)cc1. The first kappa shape index (κ1) is 16.1. The highest BCUT2D eigenvalue weighted by Crippen LogP contribution is 2.13. The third kappa shape index (κ3) is 6.18. The van der Waals surface area contributed by atoms with Crippen LogP contribution in [-0.4, -0.2) is 23.1 Å². The van der Waals surface area contributed by atoms with Crippen LogP contribution in [0.4, 0.5) is 0 Å². The van der Waals surface area contributed by atoms with E-state index in [-0.39, 0.29) is 11.5 Å². The van der Waals surface area contributed by atoms with E-state index in [0.717, 1.165) is 5.56 Å². The summed E-state index contributed by atoms with van der Waals surface area (Å²) in [6.45, 7) is 8.80. The summed E-state index contributed by atoms with van der Waals surface area (Å²) >= 11 is 0. The van der Waals surface area contributed by atoms with Crippen molar-refractivity contribution in [2.45, 2.75) is 37.9 Å². The summed E-state index contributed by atoms with van der Waals surface area (Å²) in [6, 6.07) is 6.67. The van der Waals surface area contributed by atoms with Crippen LogP contribution in [0, 0.1) is 6.92 Å². The molecule has 0 fully saturated rings. The van der Waals surface area contributed by atoms with Gasteiger partial charge in [-0.2, -0.15) is 8.42 Å². The lowest BCUT2D eigenvalue weighted by molar-refractivity contribution is 0.325. The minimum atomic E-state index is -3.62. The summed E-state index contributed by atoms with van der Waals surface area (Å²) in [5, 5.41) is 0. The average Bonchev–Trinajstić information content (AvgIpc) is 2.27. The molecule has 0 aliphatic carbocycles. The molecule has 0 atom stereocenters. The first-order chi connectivity index (χ1) is 8.71. The van der Waals surface area contributed by atoms with E-state index in [1.165, 1.54) is 0 Å². The smallest absolute Gasteiger partial charge is 0.266 e. The molecule has 0 amide bonds. The molecule has 5 heteroatoms. The summed E-state index contributed by atoms with van der Waals surface area (Å²) < 4.78 is 28.7. The van der Waals surface area contributed by atoms with Crippen molar-refractivity contribution in [1.82, 2.24) is 0 Å². The molecule has 1 aromatic carbocycles. The Morgan fingerprint density at radius 2 is 1.74 bits per heavy atom. The third-order valence-corrected chi connectivity index (χ3v) is 5.01. The van der Waals surface area contributed by atoms with E-state index >= 15 is 0 Å². The lowest BCUT2D eigenvalue weighted by Gasteiger charge is -2.08. The molecule has 0 saturated heterocycles. The molecule has 0 aliphatic heterocycles. The largest absolute Gasteiger partial charge is 0.296 e. The predicted octanol–water partition coefficient (Wildman–Crippen LogP) is 3.52. The molecule has 0 radical (unpaired) electrons. The van der Waals surface area contributed by atoms with Crippen LogP contribution in [0.1, 0.15) is 12.0 Å². The Morgan fingerprint density at radius 1 is 1.16 bits per heavy atom. The zero-order valence-electron chi connectivity index (χ0n) is 12.0. The zero-order valence-corrected chi connectivity index (χ0v) is 13.8. The van der Waals surface area contributed by atoms with Crippen LogP contribution in [-0.2, 0) is 14.3 Å². The second-order valence-corrected chi connectivity index (χ2v) is 12.3. The van der Waals surface area contributed by atoms with Gasteiger partial charge in [-0.3, -0.25) is 4.18 Å². The summed E-state index contributed by atoms with van der Waals surface area (Å²) in [6.07, 6.45) is 2.63. The summed E-state index contributed by atoms with van der Waals surface area (Å²) in [4.78, 5) is 0.215. The molecular formula is C14H22O3SSi. The van der Waals surface area contributed by atoms with Gasteiger partial charge in [0.15, 0.2) is 0 Å². The van der Waals surface area contributed by atoms with E-state index in [1.807, 2.05) is 13.0 Å². The Hall–Kier alpha value is -0.913. The van der Waals surface area contributed by atoms with Crippen LogP contribution in [0.5, 0.6) is 0 Å². The fourth-order valence-corrected chi connectivity index (χ4v) is 3.23. The minimum absolute atomic E-state index is 0.192. The van der Waals surface area contributed by atoms with Crippen LogP contribution in [0.3, 0.4) is 0 Å². The van der Waals surface area contributed by atoms with E-state index in [0.29, 0.717) is 6.42 Å². The number of rotatable bonds is 6. The molecule has 3 nitrogen and oxygen atoms in total. The Balaban J connectivity index is 2.53. The molecule has 0 spiro atoms. The quantitative estimate of drug-likeness (QED) is 0.458. The van der Waals surface area contributed by atoms with Crippen molar-refractivity contribution in [3.05, 3.63) is 41.6 Å². The Bertz CT molecular complexity index is 525. The van der Waals surface area contributed by atoms with E-state index in [9.17, 15) is 8.42 Å². The standard InChI is InChI=1S/C14H22O3SSi/c1-13-7-9-14(10-8-13)18(15,16)17-11-5-6-12-19(2,3)4/h6-10,12H,5,11H2,1-4H3. The van der Waals surface area contributed by atoms with Crippen molar-refractivity contribution in [2.24, 2.45) is 0 Å². The maximum absolute atomic E-state index is 11.9. The van der Waals surface area contributed by atoms with E-state index in [4.69, 9.17) is 4.18 Å². The second kappa shape index (κ2) is 6.50. The topological polar surface area (TPSA) is 43.4 Å². The highest BCUT2D eigenvalue weighted by molar-refractivity contribution is 7.86. The molecule has 0 heterocycles. The fourth-order valence-electron chi connectivity index (χ4n) is 1.44. The maximum atomic E-state index is 11.9. The van der Waals surface area contributed by atoms with Gasteiger partial charge in [0.1, 0.15) is 0 Å². The number of aryl methyl sites for hydroxylation is 1. The van der Waals surface area contributed by atoms with Crippen molar-refractivity contribution < 1.29 is 12.6 Å². The molecule has 19 heavy (non-hydrogen) atoms. The first-order valence-corrected chi connectivity index (χ1v) is 11.3. The van der Waals surface area contributed by atoms with Gasteiger partial charge in [0.25, 0.3) is 10.1 Å². The molecule has 0 aromatic heterocycles. The van der Waals surface area contributed by atoms with E-state index in [1.54, 1.807) is 24.3 Å². The molecular weight excluding hydrogens is 276 g/mol. The summed E-state index contributed by atoms with van der Waals surface area (Å²) in [7, 11) is -4.82. The van der Waals surface area contributed by atoms with Crippen molar-refractivity contribution in [2.75, 3.05) is 6.61 Å². The molecule has 1 rings (SSSR count). The van der Waals surface area contributed by atoms with Gasteiger partial charge in [0.05, 0.1) is 19.6 Å². The van der Waals surface area contributed by atoms with Crippen LogP contribution >= 0.6 is 0 Å². The van der Waals surface area contributed by atoms with Crippen molar-refractivity contribution in [3.63, 3.8) is 0 Å². The van der Waals surface area contributed by atoms with E-state index in [2.05, 4.69) is 25.3 Å². The van der Waals surface area contributed by atoms with Crippen molar-refractivity contribution in [1.29, 1.82) is 0 Å². The number of hydrogen-bond donors (Lipinski definition) is 0. The minimum Gasteiger partial charge on any atom is -0.266 e. The lowest BCUT2D eigenvalue weighted by atomic mass is 10.2. The predicted molar refractivity (Wildman–Crippen MR) is 81.4 cm³/mol. The lowest BCUT2D eigenvalue weighted by Crippen LogP contribution is -2.15. The summed E-state index contributed by atoms with van der Waals surface area (Å²) in [5.41, 5.74) is 3.21. The number of benzene rings is 1. The van der Waals surface area contributed by atoms with Gasteiger partial charge in [0, 0.05) is 0 Å². The molecule has 0 unspecified atom stereocenters. The van der Waals surface area contributed by atoms with Crippen molar-refractivity contribution in [3.8, 4) is 0 Å². The van der Waals surface area contributed by atoms with Gasteiger partial charge in [0.2, 0.25) is 0 Å². The summed E-state index contributed by atoms with van der Waals surface area (Å²) in [5.74, 6) is 0. The van der Waals surface area contributed by atoms with Crippen molar-refractivity contribution >= 4 is 18.2 Å². The molecule has 0 aliphatic rings. The van der Waals surface area contributed by atoms with Gasteiger partial charge in [-0.25, -0.2) is 0 Å². The van der Waals surface area contributed by atoms with Crippen LogP contribution in [0.15, 0.2) is 40.9 Å². The van der Waals surface area contributed by atoms with Gasteiger partial charge in [-0.1, -0.05) is 49.1 Å². The molecule has 1 aromatic rings. The number of hydrogen-bond acceptors (Lipinski definition) is 3. The normalized spacial score (nSPS) is 13.1. The molecule has 0 bridgehead atoms. The monoisotopic (exact) mass is 298 g/mol. The third-order valence-electron chi connectivity index (χ3n) is 2.45. The van der Waals surface area contributed by atoms with Crippen LogP contribution in [0.25, 0.3) is 0 Å². The van der Waals surface area contributed by atoms with Gasteiger partial charge in [-0.15, -0.1) is 0 Å². The van der Waals surface area contributed by atoms with E-state index < -0.39 is 18.2 Å². The maximum Gasteiger partial charge on any atom is 0.296 e. The van der Waals surface area contributed by atoms with Gasteiger partial charge < -0.3 is 0 Å². The van der Waals surface area contributed by atoms with Crippen LogP contribution in [0.2, 0.25) is 19.6 Å². The fraction of sp³-hybridized carbons (Fsp3) is 0.429. The second-order valence-electron chi connectivity index (χ2n) is 5.65. The molecule has 106 valence electrons. The van der Waals surface area contributed by atoms with Gasteiger partial charge in [-0.05, 0) is 25.5 Å². The first-order valence-electron chi connectivity index (χ1n) is 6.34. The zero-order chi connectivity index (χ0) is 14.5. The average molecular weight is 298 g/mol.